The van der Waals surface area contributed by atoms with Crippen LogP contribution in [0.1, 0.15) is 32.6 Å². The first-order valence-corrected chi connectivity index (χ1v) is 9.29. The average Bonchev–Trinajstić information content (AvgIpc) is 2.99. The lowest BCUT2D eigenvalue weighted by Crippen LogP contribution is -2.49. The Kier molecular flexibility index (Phi) is 4.90. The van der Waals surface area contributed by atoms with Crippen molar-refractivity contribution in [2.75, 3.05) is 14.2 Å². The minimum atomic E-state index is -0.351. The van der Waals surface area contributed by atoms with Crippen molar-refractivity contribution in [3.05, 3.63) is 24.3 Å². The molecule has 0 radical (unpaired) electrons. The van der Waals surface area contributed by atoms with E-state index in [1.54, 1.807) is 18.9 Å². The van der Waals surface area contributed by atoms with Gasteiger partial charge in [0.05, 0.1) is 20.1 Å². The molecule has 0 amide bonds. The van der Waals surface area contributed by atoms with Crippen LogP contribution in [-0.2, 0) is 14.3 Å². The Bertz CT molecular complexity index is 627. The quantitative estimate of drug-likeness (QED) is 0.776. The van der Waals surface area contributed by atoms with E-state index in [2.05, 4.69) is 0 Å². The molecule has 0 N–H and O–H groups in total. The third-order valence-electron chi connectivity index (χ3n) is 5.71. The number of Topliss-reactive ketones (excluding diaryl/α,β-unsaturated/α-hetero) is 1. The number of methoxy groups -OCH3 is 2. The third-order valence-corrected chi connectivity index (χ3v) is 7.01. The number of carbonyl (C=O) groups is 2. The molecule has 130 valence electrons. The van der Waals surface area contributed by atoms with Crippen LogP contribution in [0.25, 0.3) is 0 Å². The number of esters is 1. The fourth-order valence-electron chi connectivity index (χ4n) is 4.31. The largest absolute Gasteiger partial charge is 0.497 e. The van der Waals surface area contributed by atoms with E-state index in [0.717, 1.165) is 29.9 Å². The summed E-state index contributed by atoms with van der Waals surface area (Å²) in [5, 5.41) is -0.0606. The molecule has 1 aromatic rings. The van der Waals surface area contributed by atoms with Gasteiger partial charge in [0.1, 0.15) is 11.5 Å². The van der Waals surface area contributed by atoms with Gasteiger partial charge in [-0.25, -0.2) is 0 Å². The summed E-state index contributed by atoms with van der Waals surface area (Å²) in [6.07, 6.45) is 3.27. The van der Waals surface area contributed by atoms with Gasteiger partial charge in [0.2, 0.25) is 0 Å². The molecular formula is C19H24O4S. The molecule has 0 spiro atoms. The SMILES string of the molecule is COC(=O)[C@@H]1[C@@H](Sc2ccc(OC)cc2)CC(=O)[C@@]2(C)CCC[C@@H]12. The predicted octanol–water partition coefficient (Wildman–Crippen LogP) is 3.72. The number of ketones is 1. The fourth-order valence-corrected chi connectivity index (χ4v) is 5.64. The molecule has 0 unspecified atom stereocenters. The topological polar surface area (TPSA) is 52.6 Å². The van der Waals surface area contributed by atoms with Gasteiger partial charge in [0, 0.05) is 22.0 Å². The van der Waals surface area contributed by atoms with Crippen molar-refractivity contribution in [1.82, 2.24) is 0 Å². The van der Waals surface area contributed by atoms with Gasteiger partial charge in [-0.2, -0.15) is 0 Å². The number of hydrogen-bond donors (Lipinski definition) is 0. The Hall–Kier alpha value is -1.49. The molecule has 0 aromatic heterocycles. The monoisotopic (exact) mass is 348 g/mol. The Labute approximate surface area is 147 Å². The minimum Gasteiger partial charge on any atom is -0.497 e. The maximum absolute atomic E-state index is 12.8. The van der Waals surface area contributed by atoms with Gasteiger partial charge >= 0.3 is 5.97 Å². The molecule has 0 bridgehead atoms. The molecule has 0 saturated heterocycles. The highest BCUT2D eigenvalue weighted by molar-refractivity contribution is 8.00. The highest BCUT2D eigenvalue weighted by Crippen LogP contribution is 2.55. The Morgan fingerprint density at radius 3 is 2.58 bits per heavy atom. The lowest BCUT2D eigenvalue weighted by Gasteiger charge is -2.43. The van der Waals surface area contributed by atoms with Crippen molar-refractivity contribution in [2.45, 2.75) is 42.8 Å². The number of rotatable bonds is 4. The second kappa shape index (κ2) is 6.79. The van der Waals surface area contributed by atoms with Crippen LogP contribution in [-0.4, -0.2) is 31.2 Å². The molecule has 2 fully saturated rings. The Balaban J connectivity index is 1.86. The Morgan fingerprint density at radius 1 is 1.25 bits per heavy atom. The second-order valence-electron chi connectivity index (χ2n) is 6.92. The van der Waals surface area contributed by atoms with E-state index < -0.39 is 0 Å². The average molecular weight is 348 g/mol. The van der Waals surface area contributed by atoms with Crippen molar-refractivity contribution < 1.29 is 19.1 Å². The molecule has 2 saturated carbocycles. The van der Waals surface area contributed by atoms with Crippen LogP contribution >= 0.6 is 11.8 Å². The highest BCUT2D eigenvalue weighted by Gasteiger charge is 2.56. The normalized spacial score (nSPS) is 32.3. The van der Waals surface area contributed by atoms with Crippen molar-refractivity contribution in [3.8, 4) is 5.75 Å². The number of benzene rings is 1. The van der Waals surface area contributed by atoms with E-state index >= 15 is 0 Å². The number of hydrogen-bond acceptors (Lipinski definition) is 5. The zero-order valence-electron chi connectivity index (χ0n) is 14.4. The maximum atomic E-state index is 12.8. The zero-order valence-corrected chi connectivity index (χ0v) is 15.2. The first-order chi connectivity index (χ1) is 11.5. The van der Waals surface area contributed by atoms with E-state index in [0.29, 0.717) is 12.2 Å². The lowest BCUT2D eigenvalue weighted by molar-refractivity contribution is -0.153. The minimum absolute atomic E-state index is 0.0606. The van der Waals surface area contributed by atoms with Gasteiger partial charge in [-0.3, -0.25) is 9.59 Å². The zero-order chi connectivity index (χ0) is 17.3. The van der Waals surface area contributed by atoms with Crippen LogP contribution < -0.4 is 4.74 Å². The summed E-state index contributed by atoms with van der Waals surface area (Å²) < 4.78 is 10.3. The van der Waals surface area contributed by atoms with Gasteiger partial charge in [-0.15, -0.1) is 11.8 Å². The summed E-state index contributed by atoms with van der Waals surface area (Å²) in [7, 11) is 3.08. The first kappa shape index (κ1) is 17.3. The van der Waals surface area contributed by atoms with Gasteiger partial charge in [-0.1, -0.05) is 13.3 Å². The molecule has 24 heavy (non-hydrogen) atoms. The van der Waals surface area contributed by atoms with Gasteiger partial charge in [-0.05, 0) is 43.0 Å². The van der Waals surface area contributed by atoms with E-state index in [1.807, 2.05) is 31.2 Å². The van der Waals surface area contributed by atoms with E-state index in [-0.39, 0.29) is 28.5 Å². The molecule has 0 aliphatic heterocycles. The molecule has 0 heterocycles. The maximum Gasteiger partial charge on any atom is 0.310 e. The van der Waals surface area contributed by atoms with Gasteiger partial charge < -0.3 is 9.47 Å². The van der Waals surface area contributed by atoms with Crippen molar-refractivity contribution in [3.63, 3.8) is 0 Å². The molecule has 4 nitrogen and oxygen atoms in total. The van der Waals surface area contributed by atoms with Crippen LogP contribution in [0.2, 0.25) is 0 Å². The molecule has 4 atom stereocenters. The van der Waals surface area contributed by atoms with Crippen LogP contribution in [0.3, 0.4) is 0 Å². The summed E-state index contributed by atoms with van der Waals surface area (Å²) in [5.41, 5.74) is -0.351. The Morgan fingerprint density at radius 2 is 1.96 bits per heavy atom. The summed E-state index contributed by atoms with van der Waals surface area (Å²) in [6, 6.07) is 7.76. The number of fused-ring (bicyclic) bond motifs is 1. The smallest absolute Gasteiger partial charge is 0.310 e. The number of thioether (sulfide) groups is 1. The number of carbonyl (C=O) groups excluding carboxylic acids is 2. The second-order valence-corrected chi connectivity index (χ2v) is 8.24. The summed E-state index contributed by atoms with van der Waals surface area (Å²) in [6.45, 7) is 2.04. The molecule has 2 aliphatic rings. The van der Waals surface area contributed by atoms with Gasteiger partial charge in [0.15, 0.2) is 0 Å². The molecular weight excluding hydrogens is 324 g/mol. The molecule has 5 heteroatoms. The van der Waals surface area contributed by atoms with E-state index in [9.17, 15) is 9.59 Å². The molecule has 3 rings (SSSR count). The molecule has 2 aliphatic carbocycles. The standard InChI is InChI=1S/C19H24O4S/c1-19-10-4-5-14(19)17(18(21)23-3)15(11-16(19)20)24-13-8-6-12(22-2)7-9-13/h6-9,14-15,17H,4-5,10-11H2,1-3H3/t14-,15-,17-,19-/m0/s1. The van der Waals surface area contributed by atoms with E-state index in [4.69, 9.17) is 9.47 Å². The van der Waals surface area contributed by atoms with Crippen LogP contribution in [0.15, 0.2) is 29.2 Å². The van der Waals surface area contributed by atoms with Crippen LogP contribution in [0.5, 0.6) is 5.75 Å². The molecule has 1 aromatic carbocycles. The number of ether oxygens (including phenoxy) is 2. The van der Waals surface area contributed by atoms with Crippen molar-refractivity contribution in [2.24, 2.45) is 17.3 Å². The first-order valence-electron chi connectivity index (χ1n) is 8.41. The van der Waals surface area contributed by atoms with Gasteiger partial charge in [0.25, 0.3) is 0 Å². The van der Waals surface area contributed by atoms with E-state index in [1.165, 1.54) is 7.11 Å². The van der Waals surface area contributed by atoms with Crippen molar-refractivity contribution in [1.29, 1.82) is 0 Å². The summed E-state index contributed by atoms with van der Waals surface area (Å²) >= 11 is 1.61. The summed E-state index contributed by atoms with van der Waals surface area (Å²) in [4.78, 5) is 26.3. The third kappa shape index (κ3) is 2.94. The van der Waals surface area contributed by atoms with Crippen LogP contribution in [0.4, 0.5) is 0 Å². The lowest BCUT2D eigenvalue weighted by atomic mass is 9.63. The highest BCUT2D eigenvalue weighted by atomic mass is 32.2. The van der Waals surface area contributed by atoms with Crippen molar-refractivity contribution >= 4 is 23.5 Å². The predicted molar refractivity (Wildman–Crippen MR) is 93.2 cm³/mol. The fraction of sp³-hybridized carbons (Fsp3) is 0.579. The summed E-state index contributed by atoms with van der Waals surface area (Å²) in [5.74, 6) is 0.809. The van der Waals surface area contributed by atoms with Crippen LogP contribution in [0, 0.1) is 17.3 Å².